The number of carbonyl (C=O) groups excluding carboxylic acids is 4. The van der Waals surface area contributed by atoms with Gasteiger partial charge in [-0.1, -0.05) is 85.2 Å². The van der Waals surface area contributed by atoms with Gasteiger partial charge in [0.2, 0.25) is 23.6 Å². The molecule has 0 spiro atoms. The second-order valence-corrected chi connectivity index (χ2v) is 14.7. The van der Waals surface area contributed by atoms with Crippen LogP contribution in [-0.2, 0) is 28.7 Å². The number of nitrogens with two attached hydrogens (primary N) is 1. The highest BCUT2D eigenvalue weighted by atomic mass is 16.5. The molecule has 1 heterocycles. The topological polar surface area (TPSA) is 164 Å². The average molecular weight is 704 g/mol. The number of carbonyl (C=O) groups is 4. The van der Waals surface area contributed by atoms with Crippen LogP contribution in [-0.4, -0.2) is 109 Å². The van der Waals surface area contributed by atoms with Crippen LogP contribution in [0.15, 0.2) is 30.3 Å². The Morgan fingerprint density at radius 2 is 1.58 bits per heavy atom. The van der Waals surface area contributed by atoms with E-state index in [1.54, 1.807) is 44.9 Å². The fourth-order valence-electron chi connectivity index (χ4n) is 6.97. The lowest BCUT2D eigenvalue weighted by Crippen LogP contribution is -2.59. The Balaban J connectivity index is 2.23. The third kappa shape index (κ3) is 11.0. The van der Waals surface area contributed by atoms with Crippen molar-refractivity contribution in [1.29, 1.82) is 0 Å². The van der Waals surface area contributed by atoms with E-state index in [1.807, 2.05) is 71.9 Å². The van der Waals surface area contributed by atoms with Gasteiger partial charge in [0, 0.05) is 27.8 Å². The molecule has 0 aliphatic carbocycles. The zero-order chi connectivity index (χ0) is 37.9. The Hall–Kier alpha value is -3.06. The molecule has 1 unspecified atom stereocenters. The van der Waals surface area contributed by atoms with Gasteiger partial charge in [-0.3, -0.25) is 19.2 Å². The lowest BCUT2D eigenvalue weighted by atomic mass is 9.89. The van der Waals surface area contributed by atoms with E-state index in [-0.39, 0.29) is 53.8 Å². The summed E-state index contributed by atoms with van der Waals surface area (Å²) in [6.45, 7) is 15.6. The molecule has 50 heavy (non-hydrogen) atoms. The highest BCUT2D eigenvalue weighted by Crippen LogP contribution is 2.30. The van der Waals surface area contributed by atoms with Crippen molar-refractivity contribution in [3.05, 3.63) is 35.9 Å². The van der Waals surface area contributed by atoms with Gasteiger partial charge < -0.3 is 40.7 Å². The van der Waals surface area contributed by atoms with E-state index in [2.05, 4.69) is 10.6 Å². The van der Waals surface area contributed by atoms with Crippen LogP contribution in [0.4, 0.5) is 0 Å². The molecule has 1 fully saturated rings. The molecule has 12 heteroatoms. The van der Waals surface area contributed by atoms with Crippen LogP contribution in [0.1, 0.15) is 92.7 Å². The Labute approximate surface area is 300 Å². The minimum absolute atomic E-state index is 0.0217. The molecule has 2 rings (SSSR count). The van der Waals surface area contributed by atoms with Crippen molar-refractivity contribution in [2.24, 2.45) is 29.4 Å². The Kier molecular flexibility index (Phi) is 17.3. The molecule has 1 aromatic carbocycles. The van der Waals surface area contributed by atoms with Gasteiger partial charge in [-0.25, -0.2) is 0 Å². The molecule has 0 aromatic heterocycles. The number of hydrogen-bond acceptors (Lipinski definition) is 8. The molecule has 1 aromatic rings. The van der Waals surface area contributed by atoms with Crippen LogP contribution < -0.4 is 16.4 Å². The number of likely N-dealkylation sites (tertiary alicyclic amines) is 1. The van der Waals surface area contributed by atoms with Crippen LogP contribution >= 0.6 is 0 Å². The Morgan fingerprint density at radius 3 is 2.10 bits per heavy atom. The molecule has 0 bridgehead atoms. The van der Waals surface area contributed by atoms with Crippen molar-refractivity contribution in [1.82, 2.24) is 20.4 Å². The molecular formula is C38H65N5O7. The number of aliphatic hydroxyl groups excluding tert-OH is 1. The summed E-state index contributed by atoms with van der Waals surface area (Å²) < 4.78 is 11.9. The SMILES string of the molecule is CC[C@H](C)[C@@H]([C@@H](CC(=O)N1CCC[C@H]1[C@H](OC)[C@@H](C)C(=O)N[C@H](C)[C@@H](O)c1ccccc1)OC)N(C)C(=O)C(NC(=O)[C@@H](N)C(C)C)C(C)C. The quantitative estimate of drug-likeness (QED) is 0.171. The van der Waals surface area contributed by atoms with Gasteiger partial charge in [0.1, 0.15) is 6.04 Å². The number of likely N-dealkylation sites (N-methyl/N-ethyl adjacent to an activating group) is 1. The molecule has 12 nitrogen and oxygen atoms in total. The van der Waals surface area contributed by atoms with Gasteiger partial charge >= 0.3 is 0 Å². The van der Waals surface area contributed by atoms with Crippen LogP contribution in [0.5, 0.6) is 0 Å². The maximum absolute atomic E-state index is 14.1. The summed E-state index contributed by atoms with van der Waals surface area (Å²) in [5, 5.41) is 16.6. The van der Waals surface area contributed by atoms with Crippen LogP contribution in [0.25, 0.3) is 0 Å². The smallest absolute Gasteiger partial charge is 0.245 e. The first-order chi connectivity index (χ1) is 23.5. The third-order valence-electron chi connectivity index (χ3n) is 10.5. The van der Waals surface area contributed by atoms with Gasteiger partial charge in [-0.05, 0) is 43.1 Å². The van der Waals surface area contributed by atoms with Gasteiger partial charge in [0.25, 0.3) is 0 Å². The number of nitrogens with one attached hydrogen (secondary N) is 2. The minimum Gasteiger partial charge on any atom is -0.386 e. The highest BCUT2D eigenvalue weighted by molar-refractivity contribution is 5.90. The third-order valence-corrected chi connectivity index (χ3v) is 10.5. The molecule has 0 saturated carbocycles. The summed E-state index contributed by atoms with van der Waals surface area (Å²) in [5.74, 6) is -1.99. The summed E-state index contributed by atoms with van der Waals surface area (Å²) in [6, 6.07) is 6.29. The molecule has 10 atom stereocenters. The van der Waals surface area contributed by atoms with E-state index in [1.165, 1.54) is 0 Å². The van der Waals surface area contributed by atoms with Crippen molar-refractivity contribution < 1.29 is 33.8 Å². The molecular weight excluding hydrogens is 638 g/mol. The predicted octanol–water partition coefficient (Wildman–Crippen LogP) is 3.27. The van der Waals surface area contributed by atoms with Crippen LogP contribution in [0.2, 0.25) is 0 Å². The molecule has 284 valence electrons. The van der Waals surface area contributed by atoms with Gasteiger partial charge in [0.05, 0.1) is 54.8 Å². The highest BCUT2D eigenvalue weighted by Gasteiger charge is 2.43. The molecule has 1 aliphatic rings. The zero-order valence-electron chi connectivity index (χ0n) is 32.2. The summed E-state index contributed by atoms with van der Waals surface area (Å²) >= 11 is 0. The minimum atomic E-state index is -0.878. The van der Waals surface area contributed by atoms with Gasteiger partial charge in [-0.15, -0.1) is 0 Å². The summed E-state index contributed by atoms with van der Waals surface area (Å²) in [4.78, 5) is 57.8. The zero-order valence-corrected chi connectivity index (χ0v) is 32.2. The number of aliphatic hydroxyl groups is 1. The second-order valence-electron chi connectivity index (χ2n) is 14.7. The number of amides is 4. The van der Waals surface area contributed by atoms with E-state index in [0.29, 0.717) is 18.5 Å². The number of nitrogens with zero attached hydrogens (tertiary/aromatic N) is 2. The molecule has 1 saturated heterocycles. The maximum atomic E-state index is 14.1. The predicted molar refractivity (Wildman–Crippen MR) is 195 cm³/mol. The number of rotatable bonds is 19. The first kappa shape index (κ1) is 43.1. The standard InChI is InChI=1S/C38H65N5O7/c1-12-24(6)33(42(9)38(48)32(23(4)5)41-37(47)31(39)22(2)3)29(49-10)21-30(44)43-20-16-19-28(43)35(50-11)25(7)36(46)40-26(8)34(45)27-17-14-13-15-18-27/h13-15,17-18,22-26,28-29,31-35,45H,12,16,19-21,39H2,1-11H3,(H,40,46)(H,41,47)/t24-,25+,26+,28-,29+,31-,32?,33-,34+,35+/m0/s1. The van der Waals surface area contributed by atoms with Crippen LogP contribution in [0.3, 0.4) is 0 Å². The van der Waals surface area contributed by atoms with Crippen molar-refractivity contribution in [3.8, 4) is 0 Å². The molecule has 5 N–H and O–H groups in total. The largest absolute Gasteiger partial charge is 0.386 e. The van der Waals surface area contributed by atoms with Crippen molar-refractivity contribution in [2.75, 3.05) is 27.8 Å². The normalized spacial score (nSPS) is 20.3. The van der Waals surface area contributed by atoms with E-state index >= 15 is 0 Å². The first-order valence-corrected chi connectivity index (χ1v) is 18.2. The average Bonchev–Trinajstić information content (AvgIpc) is 3.58. The fourth-order valence-corrected chi connectivity index (χ4v) is 6.97. The van der Waals surface area contributed by atoms with Gasteiger partial charge in [0.15, 0.2) is 0 Å². The van der Waals surface area contributed by atoms with E-state index < -0.39 is 48.4 Å². The van der Waals surface area contributed by atoms with E-state index in [9.17, 15) is 24.3 Å². The molecule has 4 amide bonds. The summed E-state index contributed by atoms with van der Waals surface area (Å²) in [7, 11) is 4.80. The van der Waals surface area contributed by atoms with Crippen molar-refractivity contribution >= 4 is 23.6 Å². The molecule has 0 radical (unpaired) electrons. The monoisotopic (exact) mass is 703 g/mol. The number of methoxy groups -OCH3 is 2. The Bertz CT molecular complexity index is 1230. The summed E-state index contributed by atoms with van der Waals surface area (Å²) in [6.07, 6.45) is 0.0955. The Morgan fingerprint density at radius 1 is 0.960 bits per heavy atom. The van der Waals surface area contributed by atoms with E-state index in [0.717, 1.165) is 12.8 Å². The fraction of sp³-hybridized carbons (Fsp3) is 0.737. The van der Waals surface area contributed by atoms with Crippen molar-refractivity contribution in [2.45, 2.75) is 130 Å². The van der Waals surface area contributed by atoms with Crippen molar-refractivity contribution in [3.63, 3.8) is 0 Å². The lowest BCUT2D eigenvalue weighted by molar-refractivity contribution is -0.147. The maximum Gasteiger partial charge on any atom is 0.245 e. The van der Waals surface area contributed by atoms with E-state index in [4.69, 9.17) is 15.2 Å². The first-order valence-electron chi connectivity index (χ1n) is 18.2. The second kappa shape index (κ2) is 20.1. The lowest BCUT2D eigenvalue weighted by Gasteiger charge is -2.41. The van der Waals surface area contributed by atoms with Crippen LogP contribution in [0, 0.1) is 23.7 Å². The number of benzene rings is 1. The number of hydrogen-bond donors (Lipinski definition) is 4. The summed E-state index contributed by atoms with van der Waals surface area (Å²) in [5.41, 5.74) is 6.80. The van der Waals surface area contributed by atoms with Gasteiger partial charge in [-0.2, -0.15) is 0 Å². The molecule has 1 aliphatic heterocycles. The number of ether oxygens (including phenoxy) is 2.